The number of halogens is 2. The molecule has 1 rings (SSSR count). The van der Waals surface area contributed by atoms with Crippen LogP contribution < -0.4 is 10.6 Å². The van der Waals surface area contributed by atoms with Gasteiger partial charge in [-0.25, -0.2) is 9.59 Å². The van der Waals surface area contributed by atoms with E-state index < -0.39 is 24.0 Å². The Hall–Kier alpha value is -1.79. The van der Waals surface area contributed by atoms with Gasteiger partial charge in [0.05, 0.1) is 15.6 Å². The number of amides is 3. The van der Waals surface area contributed by atoms with Gasteiger partial charge < -0.3 is 10.1 Å². The van der Waals surface area contributed by atoms with Gasteiger partial charge in [0.1, 0.15) is 0 Å². The van der Waals surface area contributed by atoms with Crippen molar-refractivity contribution in [3.05, 3.63) is 33.8 Å². The number of benzene rings is 1. The fourth-order valence-electron chi connectivity index (χ4n) is 1.38. The fraction of sp³-hybridized carbons (Fsp3) is 0.308. The van der Waals surface area contributed by atoms with Crippen LogP contribution in [0.5, 0.6) is 0 Å². The van der Waals surface area contributed by atoms with Crippen molar-refractivity contribution < 1.29 is 19.1 Å². The third-order valence-electron chi connectivity index (χ3n) is 2.39. The van der Waals surface area contributed by atoms with Gasteiger partial charge in [-0.15, -0.1) is 0 Å². The molecule has 1 atom stereocenters. The molecule has 6 nitrogen and oxygen atoms in total. The van der Waals surface area contributed by atoms with E-state index >= 15 is 0 Å². The molecular weight excluding hydrogens is 319 g/mol. The molecule has 0 aliphatic rings. The number of imide groups is 1. The quantitative estimate of drug-likeness (QED) is 0.829. The van der Waals surface area contributed by atoms with Gasteiger partial charge in [-0.05, 0) is 26.0 Å². The van der Waals surface area contributed by atoms with Gasteiger partial charge in [-0.2, -0.15) is 0 Å². The summed E-state index contributed by atoms with van der Waals surface area (Å²) in [5.41, 5.74) is -0.0292. The Morgan fingerprint density at radius 2 is 1.81 bits per heavy atom. The third-order valence-corrected chi connectivity index (χ3v) is 3.02. The molecule has 0 saturated carbocycles. The number of nitrogens with one attached hydrogen (secondary N) is 2. The van der Waals surface area contributed by atoms with Gasteiger partial charge in [-0.3, -0.25) is 10.1 Å². The second kappa shape index (κ2) is 7.85. The highest BCUT2D eigenvalue weighted by molar-refractivity contribution is 6.39. The molecule has 0 aromatic heterocycles. The highest BCUT2D eigenvalue weighted by Gasteiger charge is 2.23. The van der Waals surface area contributed by atoms with Crippen LogP contribution in [0.2, 0.25) is 10.0 Å². The van der Waals surface area contributed by atoms with Crippen molar-refractivity contribution in [2.45, 2.75) is 20.0 Å². The molecule has 0 aliphatic carbocycles. The normalized spacial score (nSPS) is 11.4. The lowest BCUT2D eigenvalue weighted by Crippen LogP contribution is -2.44. The number of carbonyl (C=O) groups is 3. The minimum atomic E-state index is -1.17. The Kier molecular flexibility index (Phi) is 6.45. The van der Waals surface area contributed by atoms with Crippen molar-refractivity contribution >= 4 is 41.1 Å². The van der Waals surface area contributed by atoms with Crippen LogP contribution in [0.4, 0.5) is 4.79 Å². The minimum Gasteiger partial charge on any atom is -0.449 e. The van der Waals surface area contributed by atoms with Crippen LogP contribution in [0, 0.1) is 0 Å². The first-order valence-electron chi connectivity index (χ1n) is 6.10. The lowest BCUT2D eigenvalue weighted by atomic mass is 10.2. The summed E-state index contributed by atoms with van der Waals surface area (Å²) in [4.78, 5) is 34.8. The number of urea groups is 1. The maximum atomic E-state index is 11.9. The molecule has 0 fully saturated rings. The van der Waals surface area contributed by atoms with Crippen LogP contribution in [0.15, 0.2) is 18.2 Å². The van der Waals surface area contributed by atoms with E-state index in [0.29, 0.717) is 6.54 Å². The Labute approximate surface area is 131 Å². The molecule has 0 bridgehead atoms. The summed E-state index contributed by atoms with van der Waals surface area (Å²) >= 11 is 11.7. The highest BCUT2D eigenvalue weighted by atomic mass is 35.5. The van der Waals surface area contributed by atoms with Crippen LogP contribution in [0.1, 0.15) is 24.2 Å². The largest absolute Gasteiger partial charge is 0.449 e. The predicted octanol–water partition coefficient (Wildman–Crippen LogP) is 2.38. The maximum absolute atomic E-state index is 11.9. The van der Waals surface area contributed by atoms with Crippen molar-refractivity contribution in [3.63, 3.8) is 0 Å². The zero-order chi connectivity index (χ0) is 16.0. The molecule has 3 amide bonds. The van der Waals surface area contributed by atoms with E-state index in [1.807, 2.05) is 5.32 Å². The molecule has 21 heavy (non-hydrogen) atoms. The predicted molar refractivity (Wildman–Crippen MR) is 78.6 cm³/mol. The van der Waals surface area contributed by atoms with E-state index in [2.05, 4.69) is 5.32 Å². The number of carbonyl (C=O) groups excluding carboxylic acids is 3. The Morgan fingerprint density at radius 3 is 2.33 bits per heavy atom. The number of hydrogen-bond acceptors (Lipinski definition) is 4. The van der Waals surface area contributed by atoms with E-state index in [-0.39, 0.29) is 15.6 Å². The lowest BCUT2D eigenvalue weighted by Gasteiger charge is -2.14. The summed E-state index contributed by atoms with van der Waals surface area (Å²) in [5, 5.41) is 4.64. The Morgan fingerprint density at radius 1 is 1.24 bits per heavy atom. The monoisotopic (exact) mass is 332 g/mol. The topological polar surface area (TPSA) is 84.5 Å². The molecule has 0 aliphatic heterocycles. The molecule has 0 saturated heterocycles. The molecule has 0 unspecified atom stereocenters. The first-order chi connectivity index (χ1) is 9.86. The number of rotatable bonds is 4. The standard InChI is InChI=1S/C13H14Cl2N2O4/c1-3-16-13(20)17-11(18)7(2)21-12(19)10-8(14)5-4-6-9(10)15/h4-7H,3H2,1-2H3,(H2,16,17,18,20)/t7-/m0/s1. The van der Waals surface area contributed by atoms with E-state index in [4.69, 9.17) is 27.9 Å². The summed E-state index contributed by atoms with van der Waals surface area (Å²) in [6.45, 7) is 3.40. The Bertz CT molecular complexity index is 543. The van der Waals surface area contributed by atoms with Gasteiger partial charge in [0, 0.05) is 6.54 Å². The molecule has 1 aromatic carbocycles. The van der Waals surface area contributed by atoms with Gasteiger partial charge in [0.25, 0.3) is 5.91 Å². The molecular formula is C13H14Cl2N2O4. The Balaban J connectivity index is 2.70. The molecule has 0 spiro atoms. The second-order valence-corrected chi connectivity index (χ2v) is 4.81. The van der Waals surface area contributed by atoms with Crippen molar-refractivity contribution in [3.8, 4) is 0 Å². The van der Waals surface area contributed by atoms with Crippen LogP contribution >= 0.6 is 23.2 Å². The van der Waals surface area contributed by atoms with Crippen LogP contribution in [-0.4, -0.2) is 30.6 Å². The third kappa shape index (κ3) is 4.91. The summed E-state index contributed by atoms with van der Waals surface area (Å²) in [7, 11) is 0. The van der Waals surface area contributed by atoms with Crippen LogP contribution in [-0.2, 0) is 9.53 Å². The summed E-state index contributed by atoms with van der Waals surface area (Å²) in [5.74, 6) is -1.60. The van der Waals surface area contributed by atoms with Gasteiger partial charge in [0.2, 0.25) is 0 Å². The first-order valence-corrected chi connectivity index (χ1v) is 6.86. The summed E-state index contributed by atoms with van der Waals surface area (Å²) < 4.78 is 4.94. The smallest absolute Gasteiger partial charge is 0.341 e. The molecule has 2 N–H and O–H groups in total. The molecule has 1 aromatic rings. The summed E-state index contributed by atoms with van der Waals surface area (Å²) in [6, 6.07) is 3.86. The molecule has 8 heteroatoms. The lowest BCUT2D eigenvalue weighted by molar-refractivity contribution is -0.127. The van der Waals surface area contributed by atoms with Gasteiger partial charge in [-0.1, -0.05) is 29.3 Å². The highest BCUT2D eigenvalue weighted by Crippen LogP contribution is 2.25. The fourth-order valence-corrected chi connectivity index (χ4v) is 1.94. The molecule has 0 radical (unpaired) electrons. The second-order valence-electron chi connectivity index (χ2n) is 3.99. The van der Waals surface area contributed by atoms with Gasteiger partial charge in [0.15, 0.2) is 6.10 Å². The van der Waals surface area contributed by atoms with E-state index in [9.17, 15) is 14.4 Å². The number of ether oxygens (including phenoxy) is 1. The number of esters is 1. The zero-order valence-electron chi connectivity index (χ0n) is 11.4. The maximum Gasteiger partial charge on any atom is 0.341 e. The average Bonchev–Trinajstić information content (AvgIpc) is 2.38. The zero-order valence-corrected chi connectivity index (χ0v) is 12.9. The molecule has 0 heterocycles. The van der Waals surface area contributed by atoms with Crippen molar-refractivity contribution in [2.75, 3.05) is 6.54 Å². The van der Waals surface area contributed by atoms with Crippen molar-refractivity contribution in [1.29, 1.82) is 0 Å². The van der Waals surface area contributed by atoms with Crippen LogP contribution in [0.25, 0.3) is 0 Å². The van der Waals surface area contributed by atoms with Crippen molar-refractivity contribution in [2.24, 2.45) is 0 Å². The number of hydrogen-bond donors (Lipinski definition) is 2. The minimum absolute atomic E-state index is 0.0292. The van der Waals surface area contributed by atoms with Crippen LogP contribution in [0.3, 0.4) is 0 Å². The first kappa shape index (κ1) is 17.3. The SMILES string of the molecule is CCNC(=O)NC(=O)[C@H](C)OC(=O)c1c(Cl)cccc1Cl. The van der Waals surface area contributed by atoms with Crippen molar-refractivity contribution in [1.82, 2.24) is 10.6 Å². The van der Waals surface area contributed by atoms with E-state index in [1.165, 1.54) is 19.1 Å². The van der Waals surface area contributed by atoms with E-state index in [0.717, 1.165) is 0 Å². The van der Waals surface area contributed by atoms with E-state index in [1.54, 1.807) is 13.0 Å². The summed E-state index contributed by atoms with van der Waals surface area (Å²) in [6.07, 6.45) is -1.17. The average molecular weight is 333 g/mol. The molecule has 114 valence electrons. The van der Waals surface area contributed by atoms with Gasteiger partial charge >= 0.3 is 12.0 Å².